The first-order valence-corrected chi connectivity index (χ1v) is 11.8. The first-order valence-electron chi connectivity index (χ1n) is 10.9. The van der Waals surface area contributed by atoms with E-state index >= 15 is 0 Å². The van der Waals surface area contributed by atoms with E-state index in [1.165, 1.54) is 16.2 Å². The molecule has 1 aromatic heterocycles. The van der Waals surface area contributed by atoms with Crippen LogP contribution in [-0.4, -0.2) is 54.2 Å². The molecule has 0 bridgehead atoms. The van der Waals surface area contributed by atoms with Crippen molar-refractivity contribution in [2.75, 3.05) is 19.7 Å². The van der Waals surface area contributed by atoms with Gasteiger partial charge in [0.25, 0.3) is 0 Å². The number of carbonyl (C=O) groups is 3. The predicted molar refractivity (Wildman–Crippen MR) is 126 cm³/mol. The summed E-state index contributed by atoms with van der Waals surface area (Å²) in [5, 5.41) is 14.7. The van der Waals surface area contributed by atoms with E-state index in [0.717, 1.165) is 17.0 Å². The summed E-state index contributed by atoms with van der Waals surface area (Å²) in [5.74, 6) is 0.0330. The molecule has 1 unspecified atom stereocenters. The van der Waals surface area contributed by atoms with Crippen molar-refractivity contribution in [3.63, 3.8) is 0 Å². The van der Waals surface area contributed by atoms with Crippen molar-refractivity contribution >= 4 is 34.9 Å². The standard InChI is InChI=1S/C23H29N5O4S/c24-22(25)16-12-18(33-15-16)13-27-23(31)19-8-4-10-28(19)21(30)14-26-20(29)9-5-11-32-17-6-2-1-3-7-17/h1-3,6-7,12,15,19H,4-5,8-11,13-14H2,(H3,24,25)(H,26,29)(H,27,31). The van der Waals surface area contributed by atoms with E-state index in [1.54, 1.807) is 11.4 Å². The van der Waals surface area contributed by atoms with Crippen LogP contribution in [0, 0.1) is 5.41 Å². The maximum absolute atomic E-state index is 12.6. The third-order valence-electron chi connectivity index (χ3n) is 5.27. The normalized spacial score (nSPS) is 15.2. The highest BCUT2D eigenvalue weighted by molar-refractivity contribution is 7.10. The molecule has 1 saturated heterocycles. The van der Waals surface area contributed by atoms with Gasteiger partial charge in [0.2, 0.25) is 17.7 Å². The number of hydrogen-bond donors (Lipinski definition) is 4. The summed E-state index contributed by atoms with van der Waals surface area (Å²) in [4.78, 5) is 39.7. The summed E-state index contributed by atoms with van der Waals surface area (Å²) < 4.78 is 5.56. The second-order valence-corrected chi connectivity index (χ2v) is 8.72. The van der Waals surface area contributed by atoms with Crippen LogP contribution in [0.4, 0.5) is 0 Å². The van der Waals surface area contributed by atoms with Crippen molar-refractivity contribution in [2.24, 2.45) is 5.73 Å². The second kappa shape index (κ2) is 12.0. The van der Waals surface area contributed by atoms with Crippen LogP contribution < -0.4 is 21.1 Å². The Kier molecular flexibility index (Phi) is 8.82. The number of nitrogens with two attached hydrogens (primary N) is 1. The van der Waals surface area contributed by atoms with Gasteiger partial charge in [-0.05, 0) is 37.5 Å². The molecule has 176 valence electrons. The van der Waals surface area contributed by atoms with Crippen LogP contribution in [0.1, 0.15) is 36.1 Å². The lowest BCUT2D eigenvalue weighted by atomic mass is 10.2. The molecule has 10 heteroatoms. The molecule has 3 rings (SSSR count). The van der Waals surface area contributed by atoms with Gasteiger partial charge in [-0.1, -0.05) is 18.2 Å². The second-order valence-electron chi connectivity index (χ2n) is 7.72. The molecular weight excluding hydrogens is 442 g/mol. The highest BCUT2D eigenvalue weighted by atomic mass is 32.1. The number of rotatable bonds is 11. The molecule has 3 amide bonds. The number of amides is 3. The minimum absolute atomic E-state index is 0.0119. The largest absolute Gasteiger partial charge is 0.494 e. The zero-order valence-corrected chi connectivity index (χ0v) is 19.2. The van der Waals surface area contributed by atoms with Crippen LogP contribution in [0.25, 0.3) is 0 Å². The topological polar surface area (TPSA) is 138 Å². The summed E-state index contributed by atoms with van der Waals surface area (Å²) >= 11 is 1.41. The molecule has 0 saturated carbocycles. The first-order chi connectivity index (χ1) is 15.9. The molecule has 9 nitrogen and oxygen atoms in total. The number of carbonyl (C=O) groups excluding carboxylic acids is 3. The summed E-state index contributed by atoms with van der Waals surface area (Å²) in [6.45, 7) is 1.09. The van der Waals surface area contributed by atoms with E-state index in [2.05, 4.69) is 10.6 Å². The summed E-state index contributed by atoms with van der Waals surface area (Å²) in [5.41, 5.74) is 6.09. The van der Waals surface area contributed by atoms with Gasteiger partial charge in [-0.25, -0.2) is 0 Å². The van der Waals surface area contributed by atoms with Crippen molar-refractivity contribution in [1.82, 2.24) is 15.5 Å². The summed E-state index contributed by atoms with van der Waals surface area (Å²) in [6, 6.07) is 10.6. The number of para-hydroxylation sites is 1. The Labute approximate surface area is 196 Å². The molecular formula is C23H29N5O4S. The highest BCUT2D eigenvalue weighted by Gasteiger charge is 2.33. The van der Waals surface area contributed by atoms with E-state index in [9.17, 15) is 14.4 Å². The van der Waals surface area contributed by atoms with Crippen molar-refractivity contribution in [2.45, 2.75) is 38.3 Å². The molecule has 2 heterocycles. The average molecular weight is 472 g/mol. The Bertz CT molecular complexity index is 978. The molecule has 1 aliphatic heterocycles. The van der Waals surface area contributed by atoms with Crippen molar-refractivity contribution < 1.29 is 19.1 Å². The van der Waals surface area contributed by atoms with Crippen LogP contribution >= 0.6 is 11.3 Å². The number of ether oxygens (including phenoxy) is 1. The number of benzene rings is 1. The molecule has 1 aliphatic rings. The molecule has 5 N–H and O–H groups in total. The van der Waals surface area contributed by atoms with Gasteiger partial charge in [0.15, 0.2) is 0 Å². The van der Waals surface area contributed by atoms with Crippen LogP contribution in [-0.2, 0) is 20.9 Å². The Balaban J connectivity index is 1.37. The number of thiophene rings is 1. The predicted octanol–water partition coefficient (Wildman–Crippen LogP) is 1.61. The average Bonchev–Trinajstić information content (AvgIpc) is 3.49. The fourth-order valence-electron chi connectivity index (χ4n) is 3.55. The number of nitrogens with zero attached hydrogens (tertiary/aromatic N) is 1. The lowest BCUT2D eigenvalue weighted by Gasteiger charge is -2.24. The van der Waals surface area contributed by atoms with Gasteiger partial charge in [0.05, 0.1) is 19.7 Å². The maximum atomic E-state index is 12.6. The molecule has 0 radical (unpaired) electrons. The zero-order chi connectivity index (χ0) is 23.6. The van der Waals surface area contributed by atoms with Gasteiger partial charge < -0.3 is 26.0 Å². The number of nitrogens with one attached hydrogen (secondary N) is 3. The first kappa shape index (κ1) is 24.2. The number of amidine groups is 1. The Morgan fingerprint density at radius 1 is 1.21 bits per heavy atom. The third-order valence-corrected chi connectivity index (χ3v) is 6.21. The molecule has 0 spiro atoms. The number of nitrogen functional groups attached to an aromatic ring is 1. The Morgan fingerprint density at radius 3 is 2.73 bits per heavy atom. The maximum Gasteiger partial charge on any atom is 0.243 e. The fourth-order valence-corrected chi connectivity index (χ4v) is 4.37. The molecule has 1 aromatic carbocycles. The minimum atomic E-state index is -0.541. The quantitative estimate of drug-likeness (QED) is 0.224. The summed E-state index contributed by atoms with van der Waals surface area (Å²) in [7, 11) is 0. The van der Waals surface area contributed by atoms with Crippen LogP contribution in [0.2, 0.25) is 0 Å². The van der Waals surface area contributed by atoms with Gasteiger partial charge in [-0.3, -0.25) is 19.8 Å². The monoisotopic (exact) mass is 471 g/mol. The van der Waals surface area contributed by atoms with Crippen molar-refractivity contribution in [3.8, 4) is 5.75 Å². The molecule has 0 aliphatic carbocycles. The zero-order valence-electron chi connectivity index (χ0n) is 18.3. The Hall–Kier alpha value is -3.40. The van der Waals surface area contributed by atoms with Gasteiger partial charge in [0.1, 0.15) is 17.6 Å². The fraction of sp³-hybridized carbons (Fsp3) is 0.391. The molecule has 33 heavy (non-hydrogen) atoms. The lowest BCUT2D eigenvalue weighted by Crippen LogP contribution is -2.48. The van der Waals surface area contributed by atoms with Crippen LogP contribution in [0.3, 0.4) is 0 Å². The van der Waals surface area contributed by atoms with Crippen LogP contribution in [0.5, 0.6) is 5.75 Å². The van der Waals surface area contributed by atoms with Crippen molar-refractivity contribution in [3.05, 3.63) is 52.2 Å². The molecule has 2 aromatic rings. The van der Waals surface area contributed by atoms with E-state index in [1.807, 2.05) is 30.3 Å². The number of likely N-dealkylation sites (tertiary alicyclic amines) is 1. The van der Waals surface area contributed by atoms with E-state index in [4.69, 9.17) is 15.9 Å². The minimum Gasteiger partial charge on any atom is -0.494 e. The summed E-state index contributed by atoms with van der Waals surface area (Å²) in [6.07, 6.45) is 2.12. The van der Waals surface area contributed by atoms with Gasteiger partial charge >= 0.3 is 0 Å². The third kappa shape index (κ3) is 7.31. The molecule has 1 atom stereocenters. The van der Waals surface area contributed by atoms with Gasteiger partial charge in [-0.2, -0.15) is 0 Å². The van der Waals surface area contributed by atoms with E-state index in [-0.39, 0.29) is 36.5 Å². The van der Waals surface area contributed by atoms with Crippen molar-refractivity contribution in [1.29, 1.82) is 5.41 Å². The van der Waals surface area contributed by atoms with Gasteiger partial charge in [-0.15, -0.1) is 11.3 Å². The van der Waals surface area contributed by atoms with E-state index < -0.39 is 6.04 Å². The highest BCUT2D eigenvalue weighted by Crippen LogP contribution is 2.19. The van der Waals surface area contributed by atoms with E-state index in [0.29, 0.717) is 38.1 Å². The number of hydrogen-bond acceptors (Lipinski definition) is 6. The van der Waals surface area contributed by atoms with Crippen LogP contribution in [0.15, 0.2) is 41.8 Å². The molecule has 1 fully saturated rings. The SMILES string of the molecule is N=C(N)c1csc(CNC(=O)C2CCCN2C(=O)CNC(=O)CCCOc2ccccc2)c1. The van der Waals surface area contributed by atoms with Gasteiger partial charge in [0, 0.05) is 28.8 Å². The Morgan fingerprint density at radius 2 is 2.00 bits per heavy atom. The lowest BCUT2D eigenvalue weighted by molar-refractivity contribution is -0.138. The smallest absolute Gasteiger partial charge is 0.243 e.